The van der Waals surface area contributed by atoms with Crippen LogP contribution in [0.3, 0.4) is 0 Å². The van der Waals surface area contributed by atoms with Gasteiger partial charge in [0.05, 0.1) is 19.1 Å². The molecule has 12 nitrogen and oxygen atoms in total. The Morgan fingerprint density at radius 2 is 1.54 bits per heavy atom. The molecule has 0 radical (unpaired) electrons. The van der Waals surface area contributed by atoms with Gasteiger partial charge in [0.1, 0.15) is 29.9 Å². The average Bonchev–Trinajstić information content (AvgIpc) is 2.80. The summed E-state index contributed by atoms with van der Waals surface area (Å²) in [5, 5.41) is 28.7. The van der Waals surface area contributed by atoms with Crippen molar-refractivity contribution in [3.63, 3.8) is 0 Å². The number of carboxylic acids is 1. The van der Waals surface area contributed by atoms with Crippen LogP contribution in [0.2, 0.25) is 0 Å². The summed E-state index contributed by atoms with van der Waals surface area (Å²) in [6, 6.07) is 2.02. The number of amides is 4. The van der Waals surface area contributed by atoms with Crippen LogP contribution in [0.25, 0.3) is 0 Å². The summed E-state index contributed by atoms with van der Waals surface area (Å²) < 4.78 is 4.98. The molecule has 0 bridgehead atoms. The second kappa shape index (κ2) is 15.7. The van der Waals surface area contributed by atoms with Crippen LogP contribution in [0, 0.1) is 5.92 Å². The van der Waals surface area contributed by atoms with Crippen molar-refractivity contribution in [3.8, 4) is 5.75 Å². The normalized spacial score (nSPS) is 14.1. The number of hydrogen-bond donors (Lipinski definition) is 6. The SMILES string of the molecule is CC(=O)N[C@@H](Cc1ccc(O)cc1)C(=O)N[C@H](C(=O)N[C@@H](C)C(=O)N[C@H](COCCl)CC(=O)O)C(C)C. The monoisotopic (exact) mass is 542 g/mol. The fraction of sp³-hybridized carbons (Fsp3) is 0.542. The van der Waals surface area contributed by atoms with Gasteiger partial charge in [-0.05, 0) is 30.5 Å². The summed E-state index contributed by atoms with van der Waals surface area (Å²) in [6.45, 7) is 5.96. The molecule has 0 aliphatic carbocycles. The summed E-state index contributed by atoms with van der Waals surface area (Å²) in [5.74, 6) is -3.79. The molecule has 0 aliphatic heterocycles. The average molecular weight is 543 g/mol. The Morgan fingerprint density at radius 3 is 2.05 bits per heavy atom. The van der Waals surface area contributed by atoms with Crippen molar-refractivity contribution in [2.75, 3.05) is 12.7 Å². The van der Waals surface area contributed by atoms with E-state index in [0.29, 0.717) is 5.56 Å². The van der Waals surface area contributed by atoms with Gasteiger partial charge in [0.15, 0.2) is 0 Å². The molecule has 206 valence electrons. The van der Waals surface area contributed by atoms with Gasteiger partial charge in [0.25, 0.3) is 0 Å². The Hall–Kier alpha value is -3.38. The lowest BCUT2D eigenvalue weighted by atomic mass is 10.0. The standard InChI is InChI=1S/C24H35ClN4O8/c1-13(2)21(24(36)26-14(3)22(34)28-17(10-20(32)33)11-37-12-25)29-23(35)19(27-15(4)30)9-16-5-7-18(31)8-6-16/h5-8,13-14,17,19,21,31H,9-12H2,1-4H3,(H,26,36)(H,27,30)(H,28,34)(H,29,35)(H,32,33)/t14-,17-,19-,21-/m0/s1. The first-order chi connectivity index (χ1) is 17.3. The predicted molar refractivity (Wildman–Crippen MR) is 135 cm³/mol. The van der Waals surface area contributed by atoms with Gasteiger partial charge in [-0.3, -0.25) is 24.0 Å². The molecule has 4 atom stereocenters. The molecule has 4 amide bonds. The zero-order valence-corrected chi connectivity index (χ0v) is 22.0. The van der Waals surface area contributed by atoms with Crippen molar-refractivity contribution in [2.24, 2.45) is 5.92 Å². The second-order valence-electron chi connectivity index (χ2n) is 8.87. The number of rotatable bonds is 15. The van der Waals surface area contributed by atoms with Crippen LogP contribution in [-0.4, -0.2) is 76.7 Å². The van der Waals surface area contributed by atoms with E-state index in [0.717, 1.165) is 0 Å². The van der Waals surface area contributed by atoms with Gasteiger partial charge in [0.2, 0.25) is 23.6 Å². The summed E-state index contributed by atoms with van der Waals surface area (Å²) in [4.78, 5) is 61.2. The van der Waals surface area contributed by atoms with Crippen LogP contribution in [-0.2, 0) is 35.1 Å². The third-order valence-corrected chi connectivity index (χ3v) is 5.39. The van der Waals surface area contributed by atoms with Gasteiger partial charge in [-0.1, -0.05) is 37.6 Å². The lowest BCUT2D eigenvalue weighted by Gasteiger charge is -2.27. The Balaban J connectivity index is 2.88. The lowest BCUT2D eigenvalue weighted by molar-refractivity contribution is -0.138. The highest BCUT2D eigenvalue weighted by molar-refractivity contribution is 6.17. The van der Waals surface area contributed by atoms with Gasteiger partial charge in [-0.15, -0.1) is 0 Å². The van der Waals surface area contributed by atoms with Crippen LogP contribution in [0.5, 0.6) is 5.75 Å². The van der Waals surface area contributed by atoms with E-state index < -0.39 is 60.2 Å². The Kier molecular flexibility index (Phi) is 13.4. The molecule has 0 saturated heterocycles. The molecular weight excluding hydrogens is 508 g/mol. The highest BCUT2D eigenvalue weighted by atomic mass is 35.5. The summed E-state index contributed by atoms with van der Waals surface area (Å²) in [5.41, 5.74) is 0.677. The van der Waals surface area contributed by atoms with Crippen LogP contribution in [0.15, 0.2) is 24.3 Å². The summed E-state index contributed by atoms with van der Waals surface area (Å²) in [7, 11) is 0. The number of halogens is 1. The zero-order chi connectivity index (χ0) is 28.1. The predicted octanol–water partition coefficient (Wildman–Crippen LogP) is 0.257. The highest BCUT2D eigenvalue weighted by Gasteiger charge is 2.30. The molecule has 0 unspecified atom stereocenters. The van der Waals surface area contributed by atoms with Crippen molar-refractivity contribution in [3.05, 3.63) is 29.8 Å². The third kappa shape index (κ3) is 11.9. The van der Waals surface area contributed by atoms with Gasteiger partial charge < -0.3 is 36.2 Å². The van der Waals surface area contributed by atoms with Crippen LogP contribution < -0.4 is 21.3 Å². The molecule has 1 rings (SSSR count). The minimum atomic E-state index is -1.15. The largest absolute Gasteiger partial charge is 0.508 e. The van der Waals surface area contributed by atoms with Crippen LogP contribution >= 0.6 is 11.6 Å². The molecular formula is C24H35ClN4O8. The molecule has 0 spiro atoms. The summed E-state index contributed by atoms with van der Waals surface area (Å²) >= 11 is 5.45. The number of phenolic OH excluding ortho intramolecular Hbond substituents is 1. The molecule has 1 aromatic carbocycles. The maximum atomic E-state index is 13.0. The van der Waals surface area contributed by atoms with E-state index in [4.69, 9.17) is 21.4 Å². The van der Waals surface area contributed by atoms with E-state index >= 15 is 0 Å². The first kappa shape index (κ1) is 31.6. The maximum absolute atomic E-state index is 13.0. The molecule has 6 N–H and O–H groups in total. The molecule has 1 aromatic rings. The minimum absolute atomic E-state index is 0.0554. The summed E-state index contributed by atoms with van der Waals surface area (Å²) in [6.07, 6.45) is -0.286. The molecule has 0 fully saturated rings. The topological polar surface area (TPSA) is 183 Å². The Labute approximate surface area is 220 Å². The number of carbonyl (C=O) groups is 5. The maximum Gasteiger partial charge on any atom is 0.305 e. The quantitative estimate of drug-likeness (QED) is 0.170. The smallest absolute Gasteiger partial charge is 0.305 e. The number of nitrogens with one attached hydrogen (secondary N) is 4. The number of alkyl halides is 1. The number of hydrogen-bond acceptors (Lipinski definition) is 7. The number of carboxylic acid groups (broad SMARTS) is 1. The van der Waals surface area contributed by atoms with Crippen molar-refractivity contribution >= 4 is 41.2 Å². The van der Waals surface area contributed by atoms with E-state index in [9.17, 15) is 29.1 Å². The van der Waals surface area contributed by atoms with Gasteiger partial charge in [-0.25, -0.2) is 0 Å². The fourth-order valence-corrected chi connectivity index (χ4v) is 3.44. The van der Waals surface area contributed by atoms with E-state index in [1.165, 1.54) is 26.0 Å². The van der Waals surface area contributed by atoms with E-state index in [1.54, 1.807) is 26.0 Å². The number of carbonyl (C=O) groups excluding carboxylic acids is 4. The molecule has 0 aliphatic rings. The van der Waals surface area contributed by atoms with Gasteiger partial charge >= 0.3 is 5.97 Å². The first-order valence-corrected chi connectivity index (χ1v) is 12.2. The number of benzene rings is 1. The number of aliphatic carboxylic acids is 1. The van der Waals surface area contributed by atoms with Crippen molar-refractivity contribution in [2.45, 2.75) is 64.7 Å². The zero-order valence-electron chi connectivity index (χ0n) is 21.2. The highest BCUT2D eigenvalue weighted by Crippen LogP contribution is 2.12. The first-order valence-electron chi connectivity index (χ1n) is 11.7. The van der Waals surface area contributed by atoms with Crippen molar-refractivity contribution in [1.29, 1.82) is 0 Å². The molecule has 0 saturated carbocycles. The third-order valence-electron chi connectivity index (χ3n) is 5.23. The number of phenols is 1. The van der Waals surface area contributed by atoms with E-state index in [2.05, 4.69) is 21.3 Å². The second-order valence-corrected chi connectivity index (χ2v) is 9.09. The van der Waals surface area contributed by atoms with Crippen LogP contribution in [0.1, 0.15) is 39.7 Å². The van der Waals surface area contributed by atoms with E-state index in [-0.39, 0.29) is 30.8 Å². The van der Waals surface area contributed by atoms with Gasteiger partial charge in [0, 0.05) is 13.3 Å². The fourth-order valence-electron chi connectivity index (χ4n) is 3.36. The van der Waals surface area contributed by atoms with Crippen molar-refractivity contribution < 1.29 is 38.9 Å². The molecule has 13 heteroatoms. The lowest BCUT2D eigenvalue weighted by Crippen LogP contribution is -2.58. The van der Waals surface area contributed by atoms with Crippen molar-refractivity contribution in [1.82, 2.24) is 21.3 Å². The molecule has 0 heterocycles. The number of aromatic hydroxyl groups is 1. The van der Waals surface area contributed by atoms with E-state index in [1.807, 2.05) is 0 Å². The molecule has 0 aromatic heterocycles. The molecule has 37 heavy (non-hydrogen) atoms. The van der Waals surface area contributed by atoms with Gasteiger partial charge in [-0.2, -0.15) is 0 Å². The minimum Gasteiger partial charge on any atom is -0.508 e. The Morgan fingerprint density at radius 1 is 0.919 bits per heavy atom. The number of ether oxygens (including phenoxy) is 1. The van der Waals surface area contributed by atoms with Crippen LogP contribution in [0.4, 0.5) is 0 Å². The Bertz CT molecular complexity index is 941.